The van der Waals surface area contributed by atoms with Crippen molar-refractivity contribution in [1.82, 2.24) is 4.90 Å². The molecule has 0 aliphatic carbocycles. The number of carbonyl (C=O) groups is 2. The van der Waals surface area contributed by atoms with Crippen molar-refractivity contribution in [2.75, 3.05) is 6.61 Å². The quantitative estimate of drug-likeness (QED) is 0.632. The Morgan fingerprint density at radius 2 is 2.05 bits per heavy atom. The van der Waals surface area contributed by atoms with Crippen LogP contribution in [0.1, 0.15) is 5.56 Å². The molecule has 1 aliphatic heterocycles. The third-order valence-corrected chi connectivity index (χ3v) is 4.28. The van der Waals surface area contributed by atoms with Crippen LogP contribution < -0.4 is 0 Å². The van der Waals surface area contributed by atoms with Crippen LogP contribution in [0, 0.1) is 0 Å². The van der Waals surface area contributed by atoms with Crippen LogP contribution in [0.5, 0.6) is 0 Å². The second kappa shape index (κ2) is 7.35. The second-order valence-corrected chi connectivity index (χ2v) is 6.06. The lowest BCUT2D eigenvalue weighted by molar-refractivity contribution is -0.146. The van der Waals surface area contributed by atoms with Gasteiger partial charge in [0.15, 0.2) is 6.04 Å². The highest BCUT2D eigenvalue weighted by Crippen LogP contribution is 2.32. The Morgan fingerprint density at radius 3 is 2.64 bits per heavy atom. The molecule has 2 rings (SSSR count). The summed E-state index contributed by atoms with van der Waals surface area (Å²) in [6.45, 7) is -0.686. The maximum atomic E-state index is 12.2. The Labute approximate surface area is 136 Å². The third-order valence-electron chi connectivity index (χ3n) is 2.93. The van der Waals surface area contributed by atoms with E-state index in [4.69, 9.17) is 22.4 Å². The fourth-order valence-electron chi connectivity index (χ4n) is 1.84. The van der Waals surface area contributed by atoms with E-state index < -0.39 is 24.5 Å². The summed E-state index contributed by atoms with van der Waals surface area (Å²) in [7, 11) is 0. The Morgan fingerprint density at radius 1 is 1.36 bits per heavy atom. The van der Waals surface area contributed by atoms with Gasteiger partial charge in [0.2, 0.25) is 0 Å². The number of thioether (sulfide) groups is 1. The van der Waals surface area contributed by atoms with E-state index in [-0.39, 0.29) is 4.32 Å². The van der Waals surface area contributed by atoms with Crippen molar-refractivity contribution in [3.05, 3.63) is 53.0 Å². The number of allylic oxidation sites excluding steroid dienone is 2. The maximum absolute atomic E-state index is 12.2. The van der Waals surface area contributed by atoms with Gasteiger partial charge in [-0.25, -0.2) is 4.79 Å². The molecule has 0 saturated carbocycles. The summed E-state index contributed by atoms with van der Waals surface area (Å²) in [6, 6.07) is 8.19. The van der Waals surface area contributed by atoms with Crippen LogP contribution in [0.4, 0.5) is 0 Å². The van der Waals surface area contributed by atoms with Gasteiger partial charge in [-0.1, -0.05) is 66.5 Å². The number of carbonyl (C=O) groups excluding carboxylic acids is 1. The maximum Gasteiger partial charge on any atom is 0.329 e. The van der Waals surface area contributed by atoms with Gasteiger partial charge in [-0.15, -0.1) is 0 Å². The molecule has 1 aromatic rings. The molecule has 0 aromatic heterocycles. The first-order valence-corrected chi connectivity index (χ1v) is 7.59. The van der Waals surface area contributed by atoms with Crippen LogP contribution in [0.3, 0.4) is 0 Å². The smallest absolute Gasteiger partial charge is 0.329 e. The van der Waals surface area contributed by atoms with Crippen molar-refractivity contribution in [3.8, 4) is 0 Å². The molecule has 0 spiro atoms. The zero-order chi connectivity index (χ0) is 16.1. The number of aliphatic hydroxyl groups is 1. The predicted molar refractivity (Wildman–Crippen MR) is 89.1 cm³/mol. The second-order valence-electron chi connectivity index (χ2n) is 4.38. The Bertz CT molecular complexity index is 655. The number of thiocarbonyl (C=S) groups is 1. The van der Waals surface area contributed by atoms with Crippen LogP contribution in [-0.2, 0) is 9.59 Å². The molecular weight excluding hydrogens is 322 g/mol. The molecule has 1 atom stereocenters. The minimum Gasteiger partial charge on any atom is -0.480 e. The first-order chi connectivity index (χ1) is 10.5. The van der Waals surface area contributed by atoms with Crippen molar-refractivity contribution in [2.45, 2.75) is 6.04 Å². The number of nitrogens with zero attached hydrogens (tertiary/aromatic N) is 1. The van der Waals surface area contributed by atoms with Gasteiger partial charge in [-0.2, -0.15) is 0 Å². The number of carboxylic acid groups (broad SMARTS) is 1. The predicted octanol–water partition coefficient (Wildman–Crippen LogP) is 1.89. The topological polar surface area (TPSA) is 77.8 Å². The monoisotopic (exact) mass is 335 g/mol. The largest absolute Gasteiger partial charge is 0.480 e. The number of aliphatic hydroxyl groups excluding tert-OH is 1. The van der Waals surface area contributed by atoms with E-state index in [0.29, 0.717) is 4.91 Å². The lowest BCUT2D eigenvalue weighted by atomic mass is 10.2. The van der Waals surface area contributed by atoms with Crippen molar-refractivity contribution in [2.24, 2.45) is 0 Å². The molecule has 1 heterocycles. The van der Waals surface area contributed by atoms with E-state index >= 15 is 0 Å². The fraction of sp³-hybridized carbons (Fsp3) is 0.133. The molecule has 1 aromatic carbocycles. The van der Waals surface area contributed by atoms with Crippen LogP contribution >= 0.6 is 24.0 Å². The van der Waals surface area contributed by atoms with Gasteiger partial charge in [-0.05, 0) is 11.6 Å². The van der Waals surface area contributed by atoms with E-state index in [1.165, 1.54) is 0 Å². The van der Waals surface area contributed by atoms with Crippen molar-refractivity contribution in [1.29, 1.82) is 0 Å². The molecular formula is C15H13NO4S2. The lowest BCUT2D eigenvalue weighted by Gasteiger charge is -2.20. The van der Waals surface area contributed by atoms with Gasteiger partial charge in [0.05, 0.1) is 11.5 Å². The van der Waals surface area contributed by atoms with E-state index in [1.54, 1.807) is 12.2 Å². The molecule has 2 N–H and O–H groups in total. The highest BCUT2D eigenvalue weighted by Gasteiger charge is 2.39. The van der Waals surface area contributed by atoms with Gasteiger partial charge in [-0.3, -0.25) is 9.69 Å². The van der Waals surface area contributed by atoms with Gasteiger partial charge in [0.1, 0.15) is 4.32 Å². The highest BCUT2D eigenvalue weighted by atomic mass is 32.2. The molecule has 1 amide bonds. The molecule has 1 saturated heterocycles. The molecule has 22 heavy (non-hydrogen) atoms. The Kier molecular flexibility index (Phi) is 5.48. The first-order valence-electron chi connectivity index (χ1n) is 6.37. The summed E-state index contributed by atoms with van der Waals surface area (Å²) in [5, 5.41) is 18.2. The van der Waals surface area contributed by atoms with Crippen molar-refractivity contribution in [3.63, 3.8) is 0 Å². The summed E-state index contributed by atoms with van der Waals surface area (Å²) >= 11 is 6.05. The molecule has 1 aliphatic rings. The van der Waals surface area contributed by atoms with Crippen LogP contribution in [0.15, 0.2) is 47.4 Å². The van der Waals surface area contributed by atoms with Crippen molar-refractivity contribution < 1.29 is 19.8 Å². The first kappa shape index (κ1) is 16.4. The molecule has 1 fully saturated rings. The van der Waals surface area contributed by atoms with Gasteiger partial charge < -0.3 is 10.2 Å². The highest BCUT2D eigenvalue weighted by molar-refractivity contribution is 8.26. The summed E-state index contributed by atoms with van der Waals surface area (Å²) in [5.41, 5.74) is 0.980. The number of benzene rings is 1. The summed E-state index contributed by atoms with van der Waals surface area (Å²) in [6.07, 6.45) is 5.12. The summed E-state index contributed by atoms with van der Waals surface area (Å²) in [5.74, 6) is -1.80. The number of amides is 1. The SMILES string of the molecule is O=C(O)C(CO)N1C(=O)C(=CC=Cc2ccccc2)SC1=S. The summed E-state index contributed by atoms with van der Waals surface area (Å²) < 4.78 is 0.130. The van der Waals surface area contributed by atoms with E-state index in [9.17, 15) is 9.59 Å². The normalized spacial score (nSPS) is 18.4. The Hall–Kier alpha value is -1.96. The van der Waals surface area contributed by atoms with Crippen LogP contribution in [0.2, 0.25) is 0 Å². The van der Waals surface area contributed by atoms with Gasteiger partial charge in [0.25, 0.3) is 5.91 Å². The number of rotatable bonds is 5. The standard InChI is InChI=1S/C15H13NO4S2/c17-9-11(14(19)20)16-13(18)12(22-15(16)21)8-4-7-10-5-2-1-3-6-10/h1-8,11,17H,9H2,(H,19,20). The average Bonchev–Trinajstić information content (AvgIpc) is 2.77. The molecule has 0 radical (unpaired) electrons. The van der Waals surface area contributed by atoms with Gasteiger partial charge in [0, 0.05) is 0 Å². The molecule has 0 bridgehead atoms. The fourth-order valence-corrected chi connectivity index (χ4v) is 3.15. The minimum absolute atomic E-state index is 0.130. The third kappa shape index (κ3) is 3.62. The van der Waals surface area contributed by atoms with Crippen molar-refractivity contribution >= 4 is 46.3 Å². The summed E-state index contributed by atoms with van der Waals surface area (Å²) in [4.78, 5) is 24.5. The average molecular weight is 335 g/mol. The van der Waals surface area contributed by atoms with Crippen LogP contribution in [-0.4, -0.2) is 44.0 Å². The zero-order valence-electron chi connectivity index (χ0n) is 11.4. The van der Waals surface area contributed by atoms with E-state index in [2.05, 4.69) is 0 Å². The number of hydrogen-bond donors (Lipinski definition) is 2. The molecule has 1 unspecified atom stereocenters. The number of carboxylic acids is 1. The molecule has 7 heteroatoms. The van der Waals surface area contributed by atoms with E-state index in [1.807, 2.05) is 36.4 Å². The number of hydrogen-bond acceptors (Lipinski definition) is 5. The minimum atomic E-state index is -1.35. The molecule has 114 valence electrons. The van der Waals surface area contributed by atoms with Crippen LogP contribution in [0.25, 0.3) is 6.08 Å². The molecule has 5 nitrogen and oxygen atoms in total. The van der Waals surface area contributed by atoms with E-state index in [0.717, 1.165) is 22.2 Å². The Balaban J connectivity index is 2.16. The number of aliphatic carboxylic acids is 1. The zero-order valence-corrected chi connectivity index (χ0v) is 13.0. The van der Waals surface area contributed by atoms with Gasteiger partial charge >= 0.3 is 5.97 Å². The lowest BCUT2D eigenvalue weighted by Crippen LogP contribution is -2.46.